The van der Waals surface area contributed by atoms with E-state index in [0.717, 1.165) is 12.1 Å². The molecule has 3 nitrogen and oxygen atoms in total. The first kappa shape index (κ1) is 18.4. The van der Waals surface area contributed by atoms with E-state index in [4.69, 9.17) is 4.74 Å². The number of hydrogen-bond donors (Lipinski definition) is 1. The Morgan fingerprint density at radius 1 is 1.00 bits per heavy atom. The molecule has 2 rings (SSSR count). The summed E-state index contributed by atoms with van der Waals surface area (Å²) < 4.78 is 5.15. The summed E-state index contributed by atoms with van der Waals surface area (Å²) in [7, 11) is -0.311. The minimum absolute atomic E-state index is 0.0504. The van der Waals surface area contributed by atoms with E-state index in [1.54, 1.807) is 0 Å². The van der Waals surface area contributed by atoms with Gasteiger partial charge in [-0.2, -0.15) is 0 Å². The van der Waals surface area contributed by atoms with Crippen molar-refractivity contribution in [2.24, 2.45) is 0 Å². The molecular formula is C20H27NO2Si. The van der Waals surface area contributed by atoms with Crippen LogP contribution >= 0.6 is 0 Å². The van der Waals surface area contributed by atoms with Gasteiger partial charge in [-0.15, -0.1) is 0 Å². The summed E-state index contributed by atoms with van der Waals surface area (Å²) in [4.78, 5) is 12.6. The van der Waals surface area contributed by atoms with Crippen LogP contribution in [-0.4, -0.2) is 21.2 Å². The van der Waals surface area contributed by atoms with Gasteiger partial charge in [-0.1, -0.05) is 80.3 Å². The van der Waals surface area contributed by atoms with Crippen LogP contribution in [0.4, 0.5) is 0 Å². The number of esters is 1. The summed E-state index contributed by atoms with van der Waals surface area (Å²) >= 11 is 0. The lowest BCUT2D eigenvalue weighted by molar-refractivity contribution is -0.141. The second-order valence-electron chi connectivity index (χ2n) is 7.12. The van der Waals surface area contributed by atoms with Crippen molar-refractivity contribution in [2.75, 3.05) is 7.11 Å². The summed E-state index contributed by atoms with van der Waals surface area (Å²) in [6, 6.07) is 20.4. The zero-order chi connectivity index (χ0) is 17.6. The fourth-order valence-electron chi connectivity index (χ4n) is 3.03. The third-order valence-electron chi connectivity index (χ3n) is 4.25. The van der Waals surface area contributed by atoms with Crippen molar-refractivity contribution in [3.05, 3.63) is 71.8 Å². The molecule has 0 fully saturated rings. The molecule has 0 aliphatic rings. The Kier molecular flexibility index (Phi) is 6.34. The van der Waals surface area contributed by atoms with Crippen molar-refractivity contribution in [3.8, 4) is 0 Å². The van der Waals surface area contributed by atoms with Crippen molar-refractivity contribution in [1.82, 2.24) is 5.32 Å². The molecule has 4 heteroatoms. The largest absolute Gasteiger partial charge is 0.469 e. The Labute approximate surface area is 146 Å². The molecule has 0 heterocycles. The summed E-state index contributed by atoms with van der Waals surface area (Å²) in [5.74, 6) is -0.122. The molecule has 0 saturated carbocycles. The van der Waals surface area contributed by atoms with Crippen molar-refractivity contribution in [3.63, 3.8) is 0 Å². The van der Waals surface area contributed by atoms with Gasteiger partial charge in [0.2, 0.25) is 0 Å². The van der Waals surface area contributed by atoms with E-state index < -0.39 is 8.07 Å². The van der Waals surface area contributed by atoms with E-state index in [0.29, 0.717) is 0 Å². The molecule has 2 atom stereocenters. The predicted octanol–water partition coefficient (Wildman–Crippen LogP) is 4.40. The van der Waals surface area contributed by atoms with E-state index >= 15 is 0 Å². The number of methoxy groups -OCH3 is 1. The monoisotopic (exact) mass is 341 g/mol. The van der Waals surface area contributed by atoms with Crippen LogP contribution in [0.2, 0.25) is 25.2 Å². The molecule has 1 N–H and O–H groups in total. The molecule has 2 aromatic carbocycles. The lowest BCUT2D eigenvalue weighted by atomic mass is 10.0. The number of hydrogen-bond acceptors (Lipinski definition) is 3. The standard InChI is InChI=1S/C20H27NO2Si/c1-23-20(22)19(24(2,3)4)18(17-13-9-6-10-14-17)21-15-16-11-7-5-8-12-16/h5-14,18-19,21H,15H2,1-4H3/t18-,19+/m0/s1. The minimum Gasteiger partial charge on any atom is -0.469 e. The molecule has 0 saturated heterocycles. The summed E-state index contributed by atoms with van der Waals surface area (Å²) in [5.41, 5.74) is 2.19. The fraction of sp³-hybridized carbons (Fsp3) is 0.350. The normalized spacial score (nSPS) is 14.0. The number of benzene rings is 2. The van der Waals surface area contributed by atoms with Gasteiger partial charge in [0.1, 0.15) is 0 Å². The van der Waals surface area contributed by atoms with Crippen LogP contribution in [0.25, 0.3) is 0 Å². The highest BCUT2D eigenvalue weighted by Gasteiger charge is 2.40. The van der Waals surface area contributed by atoms with Gasteiger partial charge in [0.25, 0.3) is 0 Å². The van der Waals surface area contributed by atoms with Crippen LogP contribution < -0.4 is 5.32 Å². The maximum Gasteiger partial charge on any atom is 0.307 e. The molecule has 24 heavy (non-hydrogen) atoms. The first-order valence-electron chi connectivity index (χ1n) is 8.33. The summed E-state index contributed by atoms with van der Waals surface area (Å²) in [5, 5.41) is 3.61. The summed E-state index contributed by atoms with van der Waals surface area (Å²) in [6.45, 7) is 7.37. The van der Waals surface area contributed by atoms with Gasteiger partial charge in [-0.05, 0) is 11.1 Å². The van der Waals surface area contributed by atoms with Crippen LogP contribution in [0.15, 0.2) is 60.7 Å². The van der Waals surface area contributed by atoms with Crippen molar-refractivity contribution in [1.29, 1.82) is 0 Å². The van der Waals surface area contributed by atoms with Crippen LogP contribution in [0.3, 0.4) is 0 Å². The zero-order valence-electron chi connectivity index (χ0n) is 15.0. The number of carbonyl (C=O) groups is 1. The van der Waals surface area contributed by atoms with E-state index in [1.165, 1.54) is 12.7 Å². The minimum atomic E-state index is -1.79. The SMILES string of the molecule is COC(=O)[C@@H]([C@@H](NCc1ccccc1)c1ccccc1)[Si](C)(C)C. The third-order valence-corrected chi connectivity index (χ3v) is 6.68. The second-order valence-corrected chi connectivity index (χ2v) is 12.5. The van der Waals surface area contributed by atoms with E-state index in [2.05, 4.69) is 49.2 Å². The quantitative estimate of drug-likeness (QED) is 0.599. The van der Waals surface area contributed by atoms with Gasteiger partial charge in [-0.3, -0.25) is 4.79 Å². The van der Waals surface area contributed by atoms with Gasteiger partial charge < -0.3 is 10.1 Å². The molecule has 0 aromatic heterocycles. The maximum absolute atomic E-state index is 12.6. The molecule has 0 aliphatic heterocycles. The average molecular weight is 342 g/mol. The predicted molar refractivity (Wildman–Crippen MR) is 102 cm³/mol. The van der Waals surface area contributed by atoms with Gasteiger partial charge in [0.05, 0.1) is 20.7 Å². The highest BCUT2D eigenvalue weighted by molar-refractivity contribution is 6.80. The molecule has 0 unspecified atom stereocenters. The molecule has 0 amide bonds. The molecule has 0 aliphatic carbocycles. The van der Waals surface area contributed by atoms with E-state index in [-0.39, 0.29) is 17.6 Å². The Hall–Kier alpha value is -1.91. The Bertz CT molecular complexity index is 638. The lowest BCUT2D eigenvalue weighted by Crippen LogP contribution is -2.43. The van der Waals surface area contributed by atoms with Crippen molar-refractivity contribution < 1.29 is 9.53 Å². The molecule has 0 radical (unpaired) electrons. The van der Waals surface area contributed by atoms with Crippen LogP contribution in [0.1, 0.15) is 17.2 Å². The van der Waals surface area contributed by atoms with Gasteiger partial charge in [0, 0.05) is 12.6 Å². The van der Waals surface area contributed by atoms with Gasteiger partial charge in [-0.25, -0.2) is 0 Å². The second kappa shape index (κ2) is 8.26. The third kappa shape index (κ3) is 4.79. The topological polar surface area (TPSA) is 38.3 Å². The maximum atomic E-state index is 12.6. The Morgan fingerprint density at radius 2 is 1.54 bits per heavy atom. The Morgan fingerprint density at radius 3 is 2.04 bits per heavy atom. The van der Waals surface area contributed by atoms with Crippen molar-refractivity contribution >= 4 is 14.0 Å². The number of nitrogens with one attached hydrogen (secondary N) is 1. The fourth-order valence-corrected chi connectivity index (χ4v) is 5.16. The van der Waals surface area contributed by atoms with Gasteiger partial charge in [0.15, 0.2) is 0 Å². The van der Waals surface area contributed by atoms with E-state index in [9.17, 15) is 4.79 Å². The first-order chi connectivity index (χ1) is 11.4. The number of rotatable bonds is 7. The number of ether oxygens (including phenoxy) is 1. The van der Waals surface area contributed by atoms with E-state index in [1.807, 2.05) is 36.4 Å². The number of carbonyl (C=O) groups excluding carboxylic acids is 1. The molecular weight excluding hydrogens is 314 g/mol. The van der Waals surface area contributed by atoms with Crippen LogP contribution in [-0.2, 0) is 16.1 Å². The highest BCUT2D eigenvalue weighted by atomic mass is 28.3. The lowest BCUT2D eigenvalue weighted by Gasteiger charge is -2.34. The van der Waals surface area contributed by atoms with Gasteiger partial charge >= 0.3 is 5.97 Å². The molecule has 2 aromatic rings. The van der Waals surface area contributed by atoms with Crippen molar-refractivity contribution in [2.45, 2.75) is 37.8 Å². The zero-order valence-corrected chi connectivity index (χ0v) is 16.0. The first-order valence-corrected chi connectivity index (χ1v) is 11.9. The van der Waals surface area contributed by atoms with Crippen LogP contribution in [0.5, 0.6) is 0 Å². The summed E-state index contributed by atoms with van der Waals surface area (Å²) in [6.07, 6.45) is 0. The molecule has 0 bridgehead atoms. The average Bonchev–Trinajstić information content (AvgIpc) is 2.58. The van der Waals surface area contributed by atoms with Crippen LogP contribution in [0, 0.1) is 0 Å². The molecule has 128 valence electrons. The Balaban J connectivity index is 2.32. The highest BCUT2D eigenvalue weighted by Crippen LogP contribution is 2.36. The smallest absolute Gasteiger partial charge is 0.307 e. The molecule has 0 spiro atoms.